The Morgan fingerprint density at radius 3 is 2.96 bits per heavy atom. The van der Waals surface area contributed by atoms with Crippen LogP contribution in [0.3, 0.4) is 0 Å². The summed E-state index contributed by atoms with van der Waals surface area (Å²) in [6.45, 7) is 1.14. The van der Waals surface area contributed by atoms with Gasteiger partial charge in [-0.05, 0) is 17.7 Å². The number of hydrogen-bond donors (Lipinski definition) is 2. The summed E-state index contributed by atoms with van der Waals surface area (Å²) in [5, 5.41) is 9.43. The molecule has 1 aliphatic heterocycles. The molecule has 2 N–H and O–H groups in total. The quantitative estimate of drug-likeness (QED) is 0.882. The number of imidazole rings is 1. The molecule has 3 rings (SSSR count). The third-order valence-corrected chi connectivity index (χ3v) is 4.05. The van der Waals surface area contributed by atoms with Crippen molar-refractivity contribution in [1.82, 2.24) is 14.9 Å². The summed E-state index contributed by atoms with van der Waals surface area (Å²) >= 11 is 0. The molecule has 0 unspecified atom stereocenters. The number of nitrogens with zero attached hydrogens (tertiary/aromatic N) is 2. The average Bonchev–Trinajstić information content (AvgIpc) is 3.02. The summed E-state index contributed by atoms with van der Waals surface area (Å²) < 4.78 is 5.13. The van der Waals surface area contributed by atoms with E-state index < -0.39 is 12.0 Å². The molecule has 120 valence electrons. The van der Waals surface area contributed by atoms with Gasteiger partial charge in [0.1, 0.15) is 11.8 Å². The molecule has 0 amide bonds. The second kappa shape index (κ2) is 6.66. The van der Waals surface area contributed by atoms with Gasteiger partial charge in [0.25, 0.3) is 0 Å². The first-order valence-corrected chi connectivity index (χ1v) is 7.46. The van der Waals surface area contributed by atoms with E-state index in [9.17, 15) is 9.90 Å². The number of methoxy groups -OCH3 is 1. The van der Waals surface area contributed by atoms with Crippen molar-refractivity contribution < 1.29 is 14.6 Å². The van der Waals surface area contributed by atoms with E-state index in [1.165, 1.54) is 0 Å². The first kappa shape index (κ1) is 15.3. The van der Waals surface area contributed by atoms with E-state index in [1.807, 2.05) is 41.3 Å². The van der Waals surface area contributed by atoms with Crippen LogP contribution in [0.1, 0.15) is 17.0 Å². The largest absolute Gasteiger partial charge is 0.497 e. The summed E-state index contributed by atoms with van der Waals surface area (Å²) in [5.74, 6) is 0.00685. The zero-order valence-corrected chi connectivity index (χ0v) is 12.9. The standard InChI is InChI=1S/C17H19N3O3/c1-23-13-6-4-12(5-7-13)3-2-8-20-10-15-14(18-11-19-15)9-16(20)17(21)22/h2-7,11,16H,8-10H2,1H3,(H,18,19)(H,21,22)/b3-2+/t16-/m1/s1. The fraction of sp³-hybridized carbons (Fsp3) is 0.294. The van der Waals surface area contributed by atoms with E-state index in [-0.39, 0.29) is 0 Å². The zero-order valence-electron chi connectivity index (χ0n) is 12.9. The minimum absolute atomic E-state index is 0.435. The third-order valence-electron chi connectivity index (χ3n) is 4.05. The lowest BCUT2D eigenvalue weighted by Crippen LogP contribution is -2.45. The molecule has 0 bridgehead atoms. The van der Waals surface area contributed by atoms with Crippen LogP contribution in [0, 0.1) is 0 Å². The molecule has 1 aromatic carbocycles. The molecule has 0 spiro atoms. The number of aromatic amines is 1. The van der Waals surface area contributed by atoms with E-state index in [2.05, 4.69) is 9.97 Å². The van der Waals surface area contributed by atoms with Crippen molar-refractivity contribution in [2.45, 2.75) is 19.0 Å². The Bertz CT molecular complexity index is 706. The molecule has 0 radical (unpaired) electrons. The first-order chi connectivity index (χ1) is 11.2. The lowest BCUT2D eigenvalue weighted by Gasteiger charge is -2.31. The number of carbonyl (C=O) groups is 1. The Labute approximate surface area is 134 Å². The average molecular weight is 313 g/mol. The molecule has 0 aliphatic carbocycles. The second-order valence-corrected chi connectivity index (χ2v) is 5.49. The van der Waals surface area contributed by atoms with Crippen LogP contribution in [0.15, 0.2) is 36.7 Å². The lowest BCUT2D eigenvalue weighted by atomic mass is 10.0. The van der Waals surface area contributed by atoms with Crippen molar-refractivity contribution in [2.75, 3.05) is 13.7 Å². The van der Waals surface area contributed by atoms with Crippen LogP contribution in [-0.2, 0) is 17.8 Å². The van der Waals surface area contributed by atoms with Gasteiger partial charge in [0, 0.05) is 19.5 Å². The molecule has 0 saturated heterocycles. The summed E-state index contributed by atoms with van der Waals surface area (Å²) in [7, 11) is 1.64. The van der Waals surface area contributed by atoms with Crippen molar-refractivity contribution >= 4 is 12.0 Å². The molecule has 23 heavy (non-hydrogen) atoms. The number of fused-ring (bicyclic) bond motifs is 1. The number of hydrogen-bond acceptors (Lipinski definition) is 4. The minimum atomic E-state index is -0.809. The predicted molar refractivity (Wildman–Crippen MR) is 86.2 cm³/mol. The molecule has 6 nitrogen and oxygen atoms in total. The van der Waals surface area contributed by atoms with Gasteiger partial charge in [-0.2, -0.15) is 0 Å². The number of rotatable bonds is 5. The highest BCUT2D eigenvalue weighted by atomic mass is 16.5. The van der Waals surface area contributed by atoms with E-state index >= 15 is 0 Å². The third kappa shape index (κ3) is 3.43. The molecule has 6 heteroatoms. The maximum Gasteiger partial charge on any atom is 0.321 e. The molecular formula is C17H19N3O3. The van der Waals surface area contributed by atoms with Gasteiger partial charge in [-0.25, -0.2) is 4.98 Å². The van der Waals surface area contributed by atoms with Crippen molar-refractivity contribution in [2.24, 2.45) is 0 Å². The highest BCUT2D eigenvalue weighted by Gasteiger charge is 2.31. The van der Waals surface area contributed by atoms with Crippen LogP contribution in [-0.4, -0.2) is 45.6 Å². The smallest absolute Gasteiger partial charge is 0.321 e. The number of aromatic nitrogens is 2. The Hall–Kier alpha value is -2.60. The van der Waals surface area contributed by atoms with Gasteiger partial charge in [-0.15, -0.1) is 0 Å². The highest BCUT2D eigenvalue weighted by molar-refractivity contribution is 5.74. The fourth-order valence-corrected chi connectivity index (χ4v) is 2.76. The Morgan fingerprint density at radius 2 is 2.26 bits per heavy atom. The number of carboxylic acid groups (broad SMARTS) is 1. The van der Waals surface area contributed by atoms with E-state index in [0.717, 1.165) is 22.7 Å². The topological polar surface area (TPSA) is 78.5 Å². The van der Waals surface area contributed by atoms with Crippen LogP contribution in [0.25, 0.3) is 6.08 Å². The number of ether oxygens (including phenoxy) is 1. The molecule has 2 heterocycles. The van der Waals surface area contributed by atoms with Crippen LogP contribution in [0.2, 0.25) is 0 Å². The lowest BCUT2D eigenvalue weighted by molar-refractivity contribution is -0.143. The fourth-order valence-electron chi connectivity index (χ4n) is 2.76. The van der Waals surface area contributed by atoms with Gasteiger partial charge in [-0.3, -0.25) is 9.69 Å². The van der Waals surface area contributed by atoms with Crippen LogP contribution >= 0.6 is 0 Å². The molecule has 1 atom stereocenters. The molecule has 0 fully saturated rings. The molecule has 1 aromatic heterocycles. The van der Waals surface area contributed by atoms with Gasteiger partial charge in [0.15, 0.2) is 0 Å². The molecule has 1 aliphatic rings. The van der Waals surface area contributed by atoms with Gasteiger partial charge < -0.3 is 14.8 Å². The SMILES string of the molecule is COc1ccc(/C=C/CN2Cc3[nH]cnc3C[C@@H]2C(=O)O)cc1. The molecule has 0 saturated carbocycles. The van der Waals surface area contributed by atoms with Gasteiger partial charge in [0.2, 0.25) is 0 Å². The first-order valence-electron chi connectivity index (χ1n) is 7.46. The van der Waals surface area contributed by atoms with Crippen LogP contribution in [0.4, 0.5) is 0 Å². The number of aliphatic carboxylic acids is 1. The Kier molecular flexibility index (Phi) is 4.43. The highest BCUT2D eigenvalue weighted by Crippen LogP contribution is 2.21. The number of carboxylic acids is 1. The zero-order chi connectivity index (χ0) is 16.2. The van der Waals surface area contributed by atoms with Crippen molar-refractivity contribution in [3.05, 3.63) is 53.6 Å². The van der Waals surface area contributed by atoms with Crippen molar-refractivity contribution in [3.63, 3.8) is 0 Å². The summed E-state index contributed by atoms with van der Waals surface area (Å²) in [4.78, 5) is 20.7. The number of nitrogens with one attached hydrogen (secondary N) is 1. The number of benzene rings is 1. The second-order valence-electron chi connectivity index (χ2n) is 5.49. The summed E-state index contributed by atoms with van der Waals surface area (Å²) in [6.07, 6.45) is 6.03. The van der Waals surface area contributed by atoms with Gasteiger partial charge in [-0.1, -0.05) is 24.3 Å². The Balaban J connectivity index is 1.68. The van der Waals surface area contributed by atoms with E-state index in [0.29, 0.717) is 19.5 Å². The Morgan fingerprint density at radius 1 is 1.48 bits per heavy atom. The summed E-state index contributed by atoms with van der Waals surface area (Å²) in [6, 6.07) is 7.20. The van der Waals surface area contributed by atoms with Crippen LogP contribution in [0.5, 0.6) is 5.75 Å². The molecular weight excluding hydrogens is 294 g/mol. The normalized spacial score (nSPS) is 18.0. The molecule has 2 aromatic rings. The maximum atomic E-state index is 11.5. The predicted octanol–water partition coefficient (Wildman–Crippen LogP) is 1.94. The van der Waals surface area contributed by atoms with Crippen molar-refractivity contribution in [1.29, 1.82) is 0 Å². The van der Waals surface area contributed by atoms with E-state index in [4.69, 9.17) is 4.74 Å². The number of H-pyrrole nitrogens is 1. The summed E-state index contributed by atoms with van der Waals surface area (Å²) in [5.41, 5.74) is 2.91. The maximum absolute atomic E-state index is 11.5. The minimum Gasteiger partial charge on any atom is -0.497 e. The van der Waals surface area contributed by atoms with Crippen LogP contribution < -0.4 is 4.74 Å². The van der Waals surface area contributed by atoms with Gasteiger partial charge in [0.05, 0.1) is 24.8 Å². The van der Waals surface area contributed by atoms with Gasteiger partial charge >= 0.3 is 5.97 Å². The van der Waals surface area contributed by atoms with Crippen molar-refractivity contribution in [3.8, 4) is 5.75 Å². The van der Waals surface area contributed by atoms with E-state index in [1.54, 1.807) is 13.4 Å². The monoisotopic (exact) mass is 313 g/mol.